The van der Waals surface area contributed by atoms with Gasteiger partial charge in [-0.1, -0.05) is 187 Å². The SMILES string of the molecule is CCCCCCCCCCCCCCCCCCCCC(=O)N[C@@H](COP(=O)(O)O)[C@H](O)CCCCCCCCCCCC. The molecule has 8 heteroatoms. The average Bonchev–Trinajstić information content (AvgIpc) is 2.99. The predicted octanol–water partition coefficient (Wildman–Crippen LogP) is 10.7. The van der Waals surface area contributed by atoms with E-state index in [0.717, 1.165) is 38.5 Å². The third kappa shape index (κ3) is 32.9. The molecule has 0 unspecified atom stereocenters. The number of amides is 1. The van der Waals surface area contributed by atoms with Gasteiger partial charge in [0, 0.05) is 6.42 Å². The van der Waals surface area contributed by atoms with Gasteiger partial charge < -0.3 is 20.2 Å². The van der Waals surface area contributed by atoms with Crippen molar-refractivity contribution in [3.05, 3.63) is 0 Å². The molecular formula is C36H74NO6P. The Labute approximate surface area is 272 Å². The first-order chi connectivity index (χ1) is 21.3. The Kier molecular flexibility index (Phi) is 32.1. The molecule has 0 fully saturated rings. The first-order valence-corrected chi connectivity index (χ1v) is 20.5. The van der Waals surface area contributed by atoms with Crippen LogP contribution in [0, 0.1) is 0 Å². The molecule has 7 nitrogen and oxygen atoms in total. The monoisotopic (exact) mass is 648 g/mol. The fourth-order valence-corrected chi connectivity index (χ4v) is 6.29. The Morgan fingerprint density at radius 3 is 1.23 bits per heavy atom. The number of nitrogens with one attached hydrogen (secondary N) is 1. The first kappa shape index (κ1) is 43.5. The van der Waals surface area contributed by atoms with Crippen molar-refractivity contribution in [2.45, 2.75) is 219 Å². The number of phosphoric acid groups is 1. The van der Waals surface area contributed by atoms with E-state index in [-0.39, 0.29) is 5.91 Å². The van der Waals surface area contributed by atoms with Crippen molar-refractivity contribution >= 4 is 13.7 Å². The van der Waals surface area contributed by atoms with Gasteiger partial charge in [-0.2, -0.15) is 0 Å². The summed E-state index contributed by atoms with van der Waals surface area (Å²) in [7, 11) is -4.68. The molecular weight excluding hydrogens is 573 g/mol. The first-order valence-electron chi connectivity index (χ1n) is 19.0. The highest BCUT2D eigenvalue weighted by molar-refractivity contribution is 7.46. The van der Waals surface area contributed by atoms with E-state index in [1.165, 1.54) is 141 Å². The van der Waals surface area contributed by atoms with Crippen LogP contribution in [0.3, 0.4) is 0 Å². The smallest absolute Gasteiger partial charge is 0.391 e. The molecule has 2 atom stereocenters. The van der Waals surface area contributed by atoms with E-state index in [0.29, 0.717) is 12.8 Å². The standard InChI is InChI=1S/C36H74NO6P/c1-3-5-7-9-11-13-15-16-17-18-19-20-21-22-24-26-28-30-32-36(39)37-34(33-43-44(40,41)42)35(38)31-29-27-25-23-14-12-10-8-6-4-2/h34-35,38H,3-33H2,1-2H3,(H,37,39)(H2,40,41,42)/t34-,35+/m0/s1. The number of hydrogen-bond donors (Lipinski definition) is 4. The summed E-state index contributed by atoms with van der Waals surface area (Å²) < 4.78 is 15.9. The van der Waals surface area contributed by atoms with Crippen molar-refractivity contribution < 1.29 is 28.8 Å². The van der Waals surface area contributed by atoms with Gasteiger partial charge in [0.2, 0.25) is 5.91 Å². The van der Waals surface area contributed by atoms with E-state index in [1.807, 2.05) is 0 Å². The molecule has 4 N–H and O–H groups in total. The lowest BCUT2D eigenvalue weighted by atomic mass is 10.0. The molecule has 0 aromatic rings. The van der Waals surface area contributed by atoms with Crippen molar-refractivity contribution in [1.29, 1.82) is 0 Å². The molecule has 0 aliphatic rings. The third-order valence-corrected chi connectivity index (χ3v) is 9.33. The molecule has 44 heavy (non-hydrogen) atoms. The summed E-state index contributed by atoms with van der Waals surface area (Å²) >= 11 is 0. The van der Waals surface area contributed by atoms with Crippen LogP contribution in [0.25, 0.3) is 0 Å². The summed E-state index contributed by atoms with van der Waals surface area (Å²) in [5, 5.41) is 13.4. The van der Waals surface area contributed by atoms with Crippen LogP contribution in [-0.2, 0) is 13.9 Å². The number of carbonyl (C=O) groups excluding carboxylic acids is 1. The zero-order chi connectivity index (χ0) is 32.6. The van der Waals surface area contributed by atoms with Crippen molar-refractivity contribution in [2.24, 2.45) is 0 Å². The number of aliphatic hydroxyl groups is 1. The minimum absolute atomic E-state index is 0.192. The van der Waals surface area contributed by atoms with Gasteiger partial charge in [0.1, 0.15) is 0 Å². The fourth-order valence-electron chi connectivity index (χ4n) is 5.93. The Hall–Kier alpha value is -0.460. The Morgan fingerprint density at radius 1 is 0.568 bits per heavy atom. The molecule has 0 radical (unpaired) electrons. The summed E-state index contributed by atoms with van der Waals surface area (Å²) in [5.74, 6) is -0.192. The van der Waals surface area contributed by atoms with E-state index >= 15 is 0 Å². The van der Waals surface area contributed by atoms with Crippen LogP contribution in [0.1, 0.15) is 206 Å². The predicted molar refractivity (Wildman–Crippen MR) is 186 cm³/mol. The molecule has 0 aliphatic carbocycles. The lowest BCUT2D eigenvalue weighted by Crippen LogP contribution is -2.46. The maximum Gasteiger partial charge on any atom is 0.469 e. The number of rotatable bonds is 35. The van der Waals surface area contributed by atoms with Crippen LogP contribution >= 0.6 is 7.82 Å². The van der Waals surface area contributed by atoms with Gasteiger partial charge in [-0.3, -0.25) is 9.32 Å². The molecule has 0 rings (SSSR count). The summed E-state index contributed by atoms with van der Waals surface area (Å²) in [6, 6.07) is -0.816. The second kappa shape index (κ2) is 32.5. The molecule has 1 amide bonds. The summed E-state index contributed by atoms with van der Waals surface area (Å²) in [6.07, 6.45) is 35.2. The van der Waals surface area contributed by atoms with Crippen LogP contribution in [0.15, 0.2) is 0 Å². The van der Waals surface area contributed by atoms with Gasteiger partial charge in [-0.05, 0) is 12.8 Å². The minimum Gasteiger partial charge on any atom is -0.391 e. The Bertz CT molecular complexity index is 659. The number of hydrogen-bond acceptors (Lipinski definition) is 4. The molecule has 0 aliphatic heterocycles. The Balaban J connectivity index is 3.87. The summed E-state index contributed by atoms with van der Waals surface area (Å²) in [5.41, 5.74) is 0. The molecule has 0 saturated carbocycles. The number of phosphoric ester groups is 1. The number of carbonyl (C=O) groups is 1. The van der Waals surface area contributed by atoms with Gasteiger partial charge in [0.15, 0.2) is 0 Å². The van der Waals surface area contributed by atoms with Crippen molar-refractivity contribution in [3.63, 3.8) is 0 Å². The molecule has 0 saturated heterocycles. The largest absolute Gasteiger partial charge is 0.469 e. The van der Waals surface area contributed by atoms with Gasteiger partial charge in [0.25, 0.3) is 0 Å². The van der Waals surface area contributed by atoms with Crippen LogP contribution in [0.2, 0.25) is 0 Å². The summed E-state index contributed by atoms with van der Waals surface area (Å²) in [6.45, 7) is 4.11. The van der Waals surface area contributed by atoms with E-state index < -0.39 is 26.6 Å². The lowest BCUT2D eigenvalue weighted by Gasteiger charge is -2.24. The zero-order valence-corrected chi connectivity index (χ0v) is 30.0. The van der Waals surface area contributed by atoms with Gasteiger partial charge in [-0.25, -0.2) is 4.57 Å². The summed E-state index contributed by atoms with van der Waals surface area (Å²) in [4.78, 5) is 30.8. The molecule has 264 valence electrons. The lowest BCUT2D eigenvalue weighted by molar-refractivity contribution is -0.123. The van der Waals surface area contributed by atoms with Gasteiger partial charge >= 0.3 is 7.82 Å². The van der Waals surface area contributed by atoms with Crippen LogP contribution in [0.4, 0.5) is 0 Å². The minimum atomic E-state index is -4.68. The number of aliphatic hydroxyl groups excluding tert-OH is 1. The van der Waals surface area contributed by atoms with Gasteiger partial charge in [0.05, 0.1) is 18.8 Å². The van der Waals surface area contributed by atoms with E-state index in [9.17, 15) is 14.5 Å². The zero-order valence-electron chi connectivity index (χ0n) is 29.1. The van der Waals surface area contributed by atoms with E-state index in [1.54, 1.807) is 0 Å². The van der Waals surface area contributed by atoms with Crippen molar-refractivity contribution in [1.82, 2.24) is 5.32 Å². The molecule has 0 bridgehead atoms. The van der Waals surface area contributed by atoms with Crippen LogP contribution in [-0.4, -0.2) is 39.6 Å². The number of unbranched alkanes of at least 4 members (excludes halogenated alkanes) is 26. The highest BCUT2D eigenvalue weighted by Gasteiger charge is 2.25. The van der Waals surface area contributed by atoms with E-state index in [2.05, 4.69) is 23.7 Å². The quantitative estimate of drug-likeness (QED) is 0.0402. The molecule has 0 aromatic carbocycles. The maximum atomic E-state index is 12.5. The van der Waals surface area contributed by atoms with Crippen LogP contribution in [0.5, 0.6) is 0 Å². The highest BCUT2D eigenvalue weighted by Crippen LogP contribution is 2.36. The Morgan fingerprint density at radius 2 is 0.886 bits per heavy atom. The fraction of sp³-hybridized carbons (Fsp3) is 0.972. The second-order valence-corrected chi connectivity index (χ2v) is 14.5. The second-order valence-electron chi connectivity index (χ2n) is 13.3. The van der Waals surface area contributed by atoms with Crippen molar-refractivity contribution in [2.75, 3.05) is 6.61 Å². The van der Waals surface area contributed by atoms with E-state index in [4.69, 9.17) is 9.79 Å². The highest BCUT2D eigenvalue weighted by atomic mass is 31.2. The molecule has 0 spiro atoms. The average molecular weight is 648 g/mol. The van der Waals surface area contributed by atoms with Crippen molar-refractivity contribution in [3.8, 4) is 0 Å². The van der Waals surface area contributed by atoms with Gasteiger partial charge in [-0.15, -0.1) is 0 Å². The van der Waals surface area contributed by atoms with Crippen LogP contribution < -0.4 is 5.32 Å². The normalized spacial score (nSPS) is 13.3. The topological polar surface area (TPSA) is 116 Å². The molecule has 0 heterocycles. The maximum absolute atomic E-state index is 12.5. The third-order valence-electron chi connectivity index (χ3n) is 8.84. The molecule has 0 aromatic heterocycles.